The fraction of sp³-hybridized carbons (Fsp3) is 0.316. The first-order chi connectivity index (χ1) is 12.7. The van der Waals surface area contributed by atoms with Crippen LogP contribution in [0.15, 0.2) is 53.4 Å². The SMILES string of the molecule is CSc1ccc(C(C)NC(=O)CN(Cc2ccc(F)cc2)S(C)(=O)=O)cc1. The molecule has 0 spiro atoms. The first-order valence-corrected chi connectivity index (χ1v) is 11.4. The van der Waals surface area contributed by atoms with E-state index >= 15 is 0 Å². The van der Waals surface area contributed by atoms with Crippen LogP contribution in [0.3, 0.4) is 0 Å². The number of carbonyl (C=O) groups is 1. The Kier molecular flexibility index (Phi) is 7.41. The molecule has 1 atom stereocenters. The van der Waals surface area contributed by atoms with Gasteiger partial charge in [0, 0.05) is 11.4 Å². The van der Waals surface area contributed by atoms with Gasteiger partial charge in [0.05, 0.1) is 18.8 Å². The van der Waals surface area contributed by atoms with Gasteiger partial charge in [-0.3, -0.25) is 4.79 Å². The summed E-state index contributed by atoms with van der Waals surface area (Å²) in [6.45, 7) is 1.55. The number of carbonyl (C=O) groups excluding carboxylic acids is 1. The number of nitrogens with one attached hydrogen (secondary N) is 1. The fourth-order valence-corrected chi connectivity index (χ4v) is 3.65. The van der Waals surface area contributed by atoms with Gasteiger partial charge in [-0.1, -0.05) is 24.3 Å². The van der Waals surface area contributed by atoms with Crippen molar-refractivity contribution in [2.75, 3.05) is 19.1 Å². The maximum absolute atomic E-state index is 13.0. The maximum atomic E-state index is 13.0. The van der Waals surface area contributed by atoms with Gasteiger partial charge in [0.25, 0.3) is 0 Å². The van der Waals surface area contributed by atoms with E-state index in [-0.39, 0.29) is 19.1 Å². The van der Waals surface area contributed by atoms with E-state index < -0.39 is 21.7 Å². The van der Waals surface area contributed by atoms with Crippen molar-refractivity contribution in [2.45, 2.75) is 24.4 Å². The zero-order chi connectivity index (χ0) is 20.0. The first-order valence-electron chi connectivity index (χ1n) is 8.32. The van der Waals surface area contributed by atoms with Crippen LogP contribution in [0.25, 0.3) is 0 Å². The van der Waals surface area contributed by atoms with Crippen LogP contribution < -0.4 is 5.32 Å². The summed E-state index contributed by atoms with van der Waals surface area (Å²) >= 11 is 1.63. The van der Waals surface area contributed by atoms with E-state index in [1.54, 1.807) is 11.8 Å². The molecule has 0 bridgehead atoms. The lowest BCUT2D eigenvalue weighted by molar-refractivity contribution is -0.122. The van der Waals surface area contributed by atoms with Crippen LogP contribution in [0.4, 0.5) is 4.39 Å². The quantitative estimate of drug-likeness (QED) is 0.679. The number of thioether (sulfide) groups is 1. The van der Waals surface area contributed by atoms with Crippen LogP contribution in [-0.4, -0.2) is 37.7 Å². The van der Waals surface area contributed by atoms with Crippen LogP contribution >= 0.6 is 11.8 Å². The summed E-state index contributed by atoms with van der Waals surface area (Å²) < 4.78 is 38.2. The van der Waals surface area contributed by atoms with Gasteiger partial charge in [-0.25, -0.2) is 12.8 Å². The lowest BCUT2D eigenvalue weighted by atomic mass is 10.1. The smallest absolute Gasteiger partial charge is 0.235 e. The third kappa shape index (κ3) is 6.64. The van der Waals surface area contributed by atoms with Gasteiger partial charge in [0.15, 0.2) is 0 Å². The van der Waals surface area contributed by atoms with Gasteiger partial charge in [-0.2, -0.15) is 4.31 Å². The molecule has 2 aromatic rings. The molecule has 0 aliphatic rings. The van der Waals surface area contributed by atoms with Gasteiger partial charge in [-0.15, -0.1) is 11.8 Å². The second kappa shape index (κ2) is 9.34. The van der Waals surface area contributed by atoms with Crippen LogP contribution in [0.1, 0.15) is 24.1 Å². The first kappa shape index (κ1) is 21.4. The largest absolute Gasteiger partial charge is 0.348 e. The highest BCUT2D eigenvalue weighted by molar-refractivity contribution is 7.98. The number of hydrogen-bond donors (Lipinski definition) is 1. The predicted molar refractivity (Wildman–Crippen MR) is 106 cm³/mol. The summed E-state index contributed by atoms with van der Waals surface area (Å²) in [5, 5.41) is 2.82. The minimum atomic E-state index is -3.60. The minimum Gasteiger partial charge on any atom is -0.348 e. The van der Waals surface area contributed by atoms with Gasteiger partial charge in [-0.05, 0) is 48.6 Å². The Morgan fingerprint density at radius 2 is 1.74 bits per heavy atom. The number of hydrogen-bond acceptors (Lipinski definition) is 4. The van der Waals surface area contributed by atoms with Crippen molar-refractivity contribution in [1.82, 2.24) is 9.62 Å². The Morgan fingerprint density at radius 1 is 1.15 bits per heavy atom. The molecule has 0 saturated carbocycles. The van der Waals surface area contributed by atoms with Crippen molar-refractivity contribution in [3.05, 3.63) is 65.5 Å². The second-order valence-corrected chi connectivity index (χ2v) is 9.08. The lowest BCUT2D eigenvalue weighted by Crippen LogP contribution is -2.40. The molecule has 1 N–H and O–H groups in total. The topological polar surface area (TPSA) is 66.5 Å². The Labute approximate surface area is 164 Å². The highest BCUT2D eigenvalue weighted by Gasteiger charge is 2.21. The standard InChI is InChI=1S/C19H23FN2O3S2/c1-14(16-6-10-18(26-2)11-7-16)21-19(23)13-22(27(3,24)25)12-15-4-8-17(20)9-5-15/h4-11,14H,12-13H2,1-3H3,(H,21,23). The zero-order valence-corrected chi connectivity index (χ0v) is 17.1. The molecule has 0 aliphatic carbocycles. The molecule has 5 nitrogen and oxygen atoms in total. The summed E-state index contributed by atoms with van der Waals surface area (Å²) in [4.78, 5) is 13.5. The molecule has 1 amide bonds. The van der Waals surface area contributed by atoms with Crippen molar-refractivity contribution < 1.29 is 17.6 Å². The van der Waals surface area contributed by atoms with Crippen LogP contribution in [0, 0.1) is 5.82 Å². The number of halogens is 1. The molecule has 2 aromatic carbocycles. The molecule has 8 heteroatoms. The third-order valence-corrected chi connectivity index (χ3v) is 5.99. The molecule has 0 heterocycles. The Bertz CT molecular complexity index is 869. The molecule has 0 radical (unpaired) electrons. The Hall–Kier alpha value is -1.90. The summed E-state index contributed by atoms with van der Waals surface area (Å²) in [7, 11) is -3.60. The maximum Gasteiger partial charge on any atom is 0.235 e. The Balaban J connectivity index is 2.03. The van der Waals surface area contributed by atoms with E-state index in [1.807, 2.05) is 37.4 Å². The molecule has 146 valence electrons. The molecular weight excluding hydrogens is 387 g/mol. The number of sulfonamides is 1. The molecule has 0 saturated heterocycles. The van der Waals surface area contributed by atoms with Crippen molar-refractivity contribution in [2.24, 2.45) is 0 Å². The monoisotopic (exact) mass is 410 g/mol. The molecule has 0 fully saturated rings. The highest BCUT2D eigenvalue weighted by Crippen LogP contribution is 2.19. The van der Waals surface area contributed by atoms with Crippen LogP contribution in [-0.2, 0) is 21.4 Å². The molecule has 0 aromatic heterocycles. The minimum absolute atomic E-state index is 0.00331. The van der Waals surface area contributed by atoms with Crippen LogP contribution in [0.5, 0.6) is 0 Å². The summed E-state index contributed by atoms with van der Waals surface area (Å²) in [5.41, 5.74) is 1.54. The average Bonchev–Trinajstić information content (AvgIpc) is 2.62. The second-order valence-electron chi connectivity index (χ2n) is 6.22. The van der Waals surface area contributed by atoms with Crippen molar-refractivity contribution >= 4 is 27.7 Å². The predicted octanol–water partition coefficient (Wildman–Crippen LogP) is 3.19. The van der Waals surface area contributed by atoms with Crippen molar-refractivity contribution in [3.63, 3.8) is 0 Å². The summed E-state index contributed by atoms with van der Waals surface area (Å²) in [6.07, 6.45) is 3.04. The molecule has 0 aliphatic heterocycles. The lowest BCUT2D eigenvalue weighted by Gasteiger charge is -2.21. The highest BCUT2D eigenvalue weighted by atomic mass is 32.2. The van der Waals surface area contributed by atoms with Gasteiger partial charge >= 0.3 is 0 Å². The van der Waals surface area contributed by atoms with E-state index in [1.165, 1.54) is 24.3 Å². The van der Waals surface area contributed by atoms with Crippen molar-refractivity contribution in [1.29, 1.82) is 0 Å². The normalized spacial score (nSPS) is 12.8. The van der Waals surface area contributed by atoms with E-state index in [0.29, 0.717) is 5.56 Å². The van der Waals surface area contributed by atoms with Crippen LogP contribution in [0.2, 0.25) is 0 Å². The fourth-order valence-electron chi connectivity index (χ4n) is 2.51. The number of benzene rings is 2. The number of nitrogens with zero attached hydrogens (tertiary/aromatic N) is 1. The average molecular weight is 411 g/mol. The molecule has 2 rings (SSSR count). The third-order valence-electron chi connectivity index (χ3n) is 4.05. The van der Waals surface area contributed by atoms with E-state index in [0.717, 1.165) is 21.0 Å². The molecular formula is C19H23FN2O3S2. The van der Waals surface area contributed by atoms with Gasteiger partial charge < -0.3 is 5.32 Å². The van der Waals surface area contributed by atoms with Crippen molar-refractivity contribution in [3.8, 4) is 0 Å². The van der Waals surface area contributed by atoms with E-state index in [2.05, 4.69) is 5.32 Å². The van der Waals surface area contributed by atoms with E-state index in [9.17, 15) is 17.6 Å². The van der Waals surface area contributed by atoms with Gasteiger partial charge in [0.2, 0.25) is 15.9 Å². The zero-order valence-electron chi connectivity index (χ0n) is 15.5. The molecule has 1 unspecified atom stereocenters. The Morgan fingerprint density at radius 3 is 2.26 bits per heavy atom. The number of amides is 1. The van der Waals surface area contributed by atoms with E-state index in [4.69, 9.17) is 0 Å². The summed E-state index contributed by atoms with van der Waals surface area (Å²) in [5.74, 6) is -0.798. The summed E-state index contributed by atoms with van der Waals surface area (Å²) in [6, 6.07) is 13.1. The number of rotatable bonds is 8. The molecule has 27 heavy (non-hydrogen) atoms. The van der Waals surface area contributed by atoms with Gasteiger partial charge in [0.1, 0.15) is 5.82 Å².